The van der Waals surface area contributed by atoms with Crippen LogP contribution < -0.4 is 20.7 Å². The second-order valence-electron chi connectivity index (χ2n) is 6.51. The molecule has 142 valence electrons. The number of rotatable bonds is 3. The van der Waals surface area contributed by atoms with Gasteiger partial charge in [0.15, 0.2) is 0 Å². The van der Waals surface area contributed by atoms with Gasteiger partial charge in [-0.1, -0.05) is 12.1 Å². The van der Waals surface area contributed by atoms with Crippen LogP contribution in [0.25, 0.3) is 0 Å². The van der Waals surface area contributed by atoms with Gasteiger partial charge in [0.1, 0.15) is 4.47 Å². The molecule has 0 saturated carbocycles. The summed E-state index contributed by atoms with van der Waals surface area (Å²) in [6.07, 6.45) is 1.74. The highest BCUT2D eigenvalue weighted by atomic mass is 79.9. The molecule has 2 heterocycles. The molecule has 27 heavy (non-hydrogen) atoms. The van der Waals surface area contributed by atoms with Crippen LogP contribution in [0, 0.1) is 0 Å². The molecule has 1 aliphatic heterocycles. The number of aromatic nitrogens is 2. The molecule has 0 bridgehead atoms. The zero-order valence-corrected chi connectivity index (χ0v) is 16.9. The normalized spacial score (nSPS) is 16.4. The van der Waals surface area contributed by atoms with Crippen molar-refractivity contribution in [3.63, 3.8) is 0 Å². The van der Waals surface area contributed by atoms with Crippen molar-refractivity contribution in [2.45, 2.75) is 19.4 Å². The summed E-state index contributed by atoms with van der Waals surface area (Å²) in [5.41, 5.74) is 1.51. The Morgan fingerprint density at radius 2 is 2.07 bits per heavy atom. The topological polar surface area (TPSA) is 87.5 Å². The largest absolute Gasteiger partial charge is 0.363 e. The van der Waals surface area contributed by atoms with Crippen LogP contribution in [0.3, 0.4) is 0 Å². The van der Waals surface area contributed by atoms with Crippen molar-refractivity contribution in [2.75, 3.05) is 28.7 Å². The van der Waals surface area contributed by atoms with Gasteiger partial charge in [0, 0.05) is 26.6 Å². The molecule has 8 nitrogen and oxygen atoms in total. The molecule has 0 fully saturated rings. The van der Waals surface area contributed by atoms with Crippen LogP contribution in [0.1, 0.15) is 13.3 Å². The lowest BCUT2D eigenvalue weighted by molar-refractivity contribution is -0.118. The minimum Gasteiger partial charge on any atom is -0.363 e. The Balaban J connectivity index is 1.90. The van der Waals surface area contributed by atoms with E-state index < -0.39 is 0 Å². The van der Waals surface area contributed by atoms with Crippen molar-refractivity contribution in [3.05, 3.63) is 45.3 Å². The van der Waals surface area contributed by atoms with Crippen molar-refractivity contribution in [1.82, 2.24) is 9.78 Å². The maximum Gasteiger partial charge on any atom is 0.282 e. The average Bonchev–Trinajstić information content (AvgIpc) is 2.73. The van der Waals surface area contributed by atoms with E-state index in [1.807, 2.05) is 25.1 Å². The highest BCUT2D eigenvalue weighted by Crippen LogP contribution is 2.31. The van der Waals surface area contributed by atoms with E-state index in [1.165, 1.54) is 10.9 Å². The summed E-state index contributed by atoms with van der Waals surface area (Å²) in [5.74, 6) is -0.307. The van der Waals surface area contributed by atoms with Crippen molar-refractivity contribution in [1.29, 1.82) is 0 Å². The van der Waals surface area contributed by atoms with E-state index >= 15 is 0 Å². The Hall–Kier alpha value is -2.68. The van der Waals surface area contributed by atoms with Gasteiger partial charge in [0.2, 0.25) is 11.8 Å². The van der Waals surface area contributed by atoms with Crippen LogP contribution in [-0.2, 0) is 16.6 Å². The third-order valence-corrected chi connectivity index (χ3v) is 5.22. The van der Waals surface area contributed by atoms with Gasteiger partial charge >= 0.3 is 0 Å². The summed E-state index contributed by atoms with van der Waals surface area (Å²) < 4.78 is 1.56. The number of fused-ring (bicyclic) bond motifs is 1. The zero-order valence-electron chi connectivity index (χ0n) is 15.3. The van der Waals surface area contributed by atoms with Crippen molar-refractivity contribution < 1.29 is 9.59 Å². The second kappa shape index (κ2) is 7.51. The van der Waals surface area contributed by atoms with E-state index in [0.717, 1.165) is 0 Å². The third kappa shape index (κ3) is 3.73. The number of nitrogens with zero attached hydrogens (tertiary/aromatic N) is 4. The smallest absolute Gasteiger partial charge is 0.282 e. The van der Waals surface area contributed by atoms with Gasteiger partial charge in [-0.15, -0.1) is 0 Å². The van der Waals surface area contributed by atoms with Crippen LogP contribution in [-0.4, -0.2) is 41.2 Å². The number of hydrogen-bond donors (Lipinski definition) is 1. The molecule has 1 atom stereocenters. The van der Waals surface area contributed by atoms with Gasteiger partial charge in [-0.05, 0) is 35.0 Å². The molecule has 0 saturated heterocycles. The molecule has 1 aromatic heterocycles. The van der Waals surface area contributed by atoms with Crippen LogP contribution in [0.5, 0.6) is 0 Å². The van der Waals surface area contributed by atoms with Crippen molar-refractivity contribution >= 4 is 44.8 Å². The van der Waals surface area contributed by atoms with Crippen LogP contribution in [0.15, 0.2) is 39.7 Å². The highest BCUT2D eigenvalue weighted by Gasteiger charge is 2.30. The summed E-state index contributed by atoms with van der Waals surface area (Å²) in [7, 11) is 3.28. The number of para-hydroxylation sites is 2. The molecule has 3 rings (SSSR count). The maximum atomic E-state index is 13.1. The van der Waals surface area contributed by atoms with E-state index in [4.69, 9.17) is 0 Å². The van der Waals surface area contributed by atoms with Gasteiger partial charge < -0.3 is 15.1 Å². The number of benzene rings is 1. The SMILES string of the molecule is CC1CC(=O)Nc2ccccc2N1C(=O)CN(C)c1cnn(C)c(=O)c1Br. The molecule has 0 radical (unpaired) electrons. The fourth-order valence-electron chi connectivity index (χ4n) is 3.10. The number of likely N-dealkylation sites (N-methyl/N-ethyl adjacent to an activating group) is 1. The molecule has 0 aliphatic carbocycles. The Morgan fingerprint density at radius 3 is 2.81 bits per heavy atom. The minimum absolute atomic E-state index is 0.0281. The average molecular weight is 434 g/mol. The summed E-state index contributed by atoms with van der Waals surface area (Å²) in [6.45, 7) is 1.87. The molecule has 2 amide bonds. The van der Waals surface area contributed by atoms with E-state index in [2.05, 4.69) is 26.3 Å². The van der Waals surface area contributed by atoms with E-state index in [1.54, 1.807) is 30.0 Å². The summed E-state index contributed by atoms with van der Waals surface area (Å²) in [5, 5.41) is 6.85. The molecule has 1 unspecified atom stereocenters. The minimum atomic E-state index is -0.292. The van der Waals surface area contributed by atoms with Crippen LogP contribution >= 0.6 is 15.9 Å². The second-order valence-corrected chi connectivity index (χ2v) is 7.30. The Bertz CT molecular complexity index is 958. The van der Waals surface area contributed by atoms with E-state index in [0.29, 0.717) is 21.5 Å². The zero-order chi connectivity index (χ0) is 19.7. The number of nitrogens with one attached hydrogen (secondary N) is 1. The highest BCUT2D eigenvalue weighted by molar-refractivity contribution is 9.10. The fraction of sp³-hybridized carbons (Fsp3) is 0.333. The quantitative estimate of drug-likeness (QED) is 0.796. The predicted molar refractivity (Wildman–Crippen MR) is 107 cm³/mol. The summed E-state index contributed by atoms with van der Waals surface area (Å²) in [6, 6.07) is 6.93. The fourth-order valence-corrected chi connectivity index (χ4v) is 3.76. The molecule has 9 heteroatoms. The van der Waals surface area contributed by atoms with Crippen LogP contribution in [0.4, 0.5) is 17.1 Å². The first-order chi connectivity index (χ1) is 12.8. The number of amides is 2. The lowest BCUT2D eigenvalue weighted by atomic mass is 10.1. The number of halogens is 1. The predicted octanol–water partition coefficient (Wildman–Crippen LogP) is 1.74. The van der Waals surface area contributed by atoms with E-state index in [-0.39, 0.29) is 36.4 Å². The Labute approximate surface area is 164 Å². The molecule has 0 spiro atoms. The molecular weight excluding hydrogens is 414 g/mol. The van der Waals surface area contributed by atoms with Gasteiger partial charge in [0.25, 0.3) is 5.56 Å². The maximum absolute atomic E-state index is 13.1. The first-order valence-corrected chi connectivity index (χ1v) is 9.22. The molecule has 1 aliphatic rings. The number of aryl methyl sites for hydroxylation is 1. The standard InChI is InChI=1S/C18H20BrN5O3/c1-11-8-15(25)21-12-6-4-5-7-13(12)24(11)16(26)10-22(2)14-9-20-23(3)18(27)17(14)19/h4-7,9,11H,8,10H2,1-3H3,(H,21,25). The monoisotopic (exact) mass is 433 g/mol. The molecule has 2 aromatic rings. The lowest BCUT2D eigenvalue weighted by Crippen LogP contribution is -2.44. The Morgan fingerprint density at radius 1 is 1.37 bits per heavy atom. The van der Waals surface area contributed by atoms with Gasteiger partial charge in [-0.25, -0.2) is 4.68 Å². The molecule has 1 aromatic carbocycles. The van der Waals surface area contributed by atoms with E-state index in [9.17, 15) is 14.4 Å². The van der Waals surface area contributed by atoms with Gasteiger partial charge in [-0.2, -0.15) is 5.10 Å². The first-order valence-electron chi connectivity index (χ1n) is 8.43. The molecular formula is C18H20BrN5O3. The number of carbonyl (C=O) groups is 2. The number of carbonyl (C=O) groups excluding carboxylic acids is 2. The lowest BCUT2D eigenvalue weighted by Gasteiger charge is -2.30. The first kappa shape index (κ1) is 19.1. The summed E-state index contributed by atoms with van der Waals surface area (Å²) >= 11 is 3.28. The van der Waals surface area contributed by atoms with Crippen LogP contribution in [0.2, 0.25) is 0 Å². The van der Waals surface area contributed by atoms with Crippen molar-refractivity contribution in [3.8, 4) is 0 Å². The van der Waals surface area contributed by atoms with Gasteiger partial charge in [-0.3, -0.25) is 14.4 Å². The molecule has 1 N–H and O–H groups in total. The number of anilines is 3. The summed E-state index contributed by atoms with van der Waals surface area (Å²) in [4.78, 5) is 40.5. The Kier molecular flexibility index (Phi) is 5.31. The third-order valence-electron chi connectivity index (χ3n) is 4.47. The van der Waals surface area contributed by atoms with Gasteiger partial charge in [0.05, 0.1) is 29.8 Å². The van der Waals surface area contributed by atoms with Crippen molar-refractivity contribution in [2.24, 2.45) is 7.05 Å². The number of hydrogen-bond acceptors (Lipinski definition) is 5.